The van der Waals surface area contributed by atoms with Gasteiger partial charge >= 0.3 is 0 Å². The number of nitriles is 1. The molecular weight excluding hydrogens is 170 g/mol. The second-order valence-corrected chi connectivity index (χ2v) is 3.98. The third kappa shape index (κ3) is 1.80. The summed E-state index contributed by atoms with van der Waals surface area (Å²) in [5.74, 6) is 0.639. The lowest BCUT2D eigenvalue weighted by atomic mass is 9.81. The minimum Gasteiger partial charge on any atom is -0.198 e. The van der Waals surface area contributed by atoms with Crippen molar-refractivity contribution in [2.45, 2.75) is 38.0 Å². The molecule has 1 heteroatoms. The maximum Gasteiger partial charge on any atom is 0.0621 e. The van der Waals surface area contributed by atoms with Gasteiger partial charge in [0, 0.05) is 6.42 Å². The standard InChI is InChI=1S/C13H15N/c14-10-4-8-12-7-3-6-11-5-1-2-9-13(11)12/h1-2,5,9,12H,3-4,6-8H2. The van der Waals surface area contributed by atoms with Gasteiger partial charge in [0.05, 0.1) is 6.07 Å². The predicted octanol–water partition coefficient (Wildman–Crippen LogP) is 3.41. The third-order valence-electron chi connectivity index (χ3n) is 3.10. The van der Waals surface area contributed by atoms with E-state index >= 15 is 0 Å². The van der Waals surface area contributed by atoms with Gasteiger partial charge in [-0.2, -0.15) is 5.26 Å². The molecule has 0 N–H and O–H groups in total. The molecule has 0 radical (unpaired) electrons. The van der Waals surface area contributed by atoms with Gasteiger partial charge in [-0.3, -0.25) is 0 Å². The van der Waals surface area contributed by atoms with Gasteiger partial charge in [0.25, 0.3) is 0 Å². The summed E-state index contributed by atoms with van der Waals surface area (Å²) in [7, 11) is 0. The minimum atomic E-state index is 0.639. The zero-order chi connectivity index (χ0) is 9.80. The van der Waals surface area contributed by atoms with Gasteiger partial charge in [-0.05, 0) is 42.7 Å². The first-order valence-electron chi connectivity index (χ1n) is 5.36. The highest BCUT2D eigenvalue weighted by Gasteiger charge is 2.18. The number of aryl methyl sites for hydroxylation is 1. The van der Waals surface area contributed by atoms with Crippen molar-refractivity contribution in [3.63, 3.8) is 0 Å². The van der Waals surface area contributed by atoms with Crippen molar-refractivity contribution in [2.24, 2.45) is 0 Å². The first-order chi connectivity index (χ1) is 6.92. The number of rotatable bonds is 2. The Balaban J connectivity index is 2.18. The monoisotopic (exact) mass is 185 g/mol. The van der Waals surface area contributed by atoms with Gasteiger partial charge in [0.1, 0.15) is 0 Å². The normalized spacial score (nSPS) is 19.8. The molecule has 0 aromatic heterocycles. The molecule has 1 nitrogen and oxygen atoms in total. The lowest BCUT2D eigenvalue weighted by Crippen LogP contribution is -2.09. The molecule has 14 heavy (non-hydrogen) atoms. The van der Waals surface area contributed by atoms with Crippen LogP contribution in [0.25, 0.3) is 0 Å². The average molecular weight is 185 g/mol. The van der Waals surface area contributed by atoms with E-state index in [-0.39, 0.29) is 0 Å². The number of benzene rings is 1. The van der Waals surface area contributed by atoms with E-state index in [1.165, 1.54) is 30.4 Å². The van der Waals surface area contributed by atoms with Crippen LogP contribution in [0.3, 0.4) is 0 Å². The fraction of sp³-hybridized carbons (Fsp3) is 0.462. The molecule has 0 spiro atoms. The molecule has 2 rings (SSSR count). The Morgan fingerprint density at radius 1 is 1.36 bits per heavy atom. The molecule has 0 aliphatic heterocycles. The summed E-state index contributed by atoms with van der Waals surface area (Å²) < 4.78 is 0. The first kappa shape index (κ1) is 9.27. The first-order valence-corrected chi connectivity index (χ1v) is 5.36. The zero-order valence-corrected chi connectivity index (χ0v) is 8.37. The second-order valence-electron chi connectivity index (χ2n) is 3.98. The highest BCUT2D eigenvalue weighted by atomic mass is 14.3. The second kappa shape index (κ2) is 4.28. The largest absolute Gasteiger partial charge is 0.198 e. The molecule has 0 fully saturated rings. The average Bonchev–Trinajstić information content (AvgIpc) is 2.26. The lowest BCUT2D eigenvalue weighted by Gasteiger charge is -2.24. The van der Waals surface area contributed by atoms with Gasteiger partial charge < -0.3 is 0 Å². The summed E-state index contributed by atoms with van der Waals surface area (Å²) >= 11 is 0. The molecule has 72 valence electrons. The molecule has 1 unspecified atom stereocenters. The maximum absolute atomic E-state index is 8.59. The van der Waals surface area contributed by atoms with Crippen LogP contribution in [-0.2, 0) is 6.42 Å². The lowest BCUT2D eigenvalue weighted by molar-refractivity contribution is 0.526. The van der Waals surface area contributed by atoms with Crippen LogP contribution in [0.4, 0.5) is 0 Å². The van der Waals surface area contributed by atoms with E-state index in [0.29, 0.717) is 12.3 Å². The van der Waals surface area contributed by atoms with Gasteiger partial charge in [0.2, 0.25) is 0 Å². The van der Waals surface area contributed by atoms with Crippen molar-refractivity contribution in [1.82, 2.24) is 0 Å². The smallest absolute Gasteiger partial charge is 0.0621 e. The van der Waals surface area contributed by atoms with Crippen LogP contribution >= 0.6 is 0 Å². The topological polar surface area (TPSA) is 23.8 Å². The third-order valence-corrected chi connectivity index (χ3v) is 3.10. The summed E-state index contributed by atoms with van der Waals surface area (Å²) in [6, 6.07) is 10.9. The van der Waals surface area contributed by atoms with Crippen molar-refractivity contribution in [2.75, 3.05) is 0 Å². The van der Waals surface area contributed by atoms with E-state index in [9.17, 15) is 0 Å². The molecule has 0 amide bonds. The quantitative estimate of drug-likeness (QED) is 0.692. The molecule has 1 aromatic rings. The van der Waals surface area contributed by atoms with E-state index in [0.717, 1.165) is 6.42 Å². The summed E-state index contributed by atoms with van der Waals surface area (Å²) in [6.07, 6.45) is 5.50. The number of hydrogen-bond acceptors (Lipinski definition) is 1. The Bertz CT molecular complexity index is 348. The predicted molar refractivity (Wildman–Crippen MR) is 57.0 cm³/mol. The Morgan fingerprint density at radius 2 is 2.21 bits per heavy atom. The van der Waals surface area contributed by atoms with Crippen LogP contribution in [0.2, 0.25) is 0 Å². The fourth-order valence-electron chi connectivity index (χ4n) is 2.39. The molecular formula is C13H15N. The van der Waals surface area contributed by atoms with Crippen molar-refractivity contribution >= 4 is 0 Å². The highest BCUT2D eigenvalue weighted by Crippen LogP contribution is 2.34. The van der Waals surface area contributed by atoms with Gasteiger partial charge in [0.15, 0.2) is 0 Å². The Kier molecular flexibility index (Phi) is 2.84. The SMILES string of the molecule is N#CCCC1CCCc2ccccc21. The molecule has 1 aromatic carbocycles. The highest BCUT2D eigenvalue weighted by molar-refractivity contribution is 5.32. The molecule has 0 saturated heterocycles. The number of hydrogen-bond donors (Lipinski definition) is 0. The van der Waals surface area contributed by atoms with Crippen LogP contribution in [0.15, 0.2) is 24.3 Å². The maximum atomic E-state index is 8.59. The number of nitrogens with zero attached hydrogens (tertiary/aromatic N) is 1. The Morgan fingerprint density at radius 3 is 3.07 bits per heavy atom. The number of fused-ring (bicyclic) bond motifs is 1. The van der Waals surface area contributed by atoms with Crippen LogP contribution in [0.1, 0.15) is 42.7 Å². The summed E-state index contributed by atoms with van der Waals surface area (Å²) in [6.45, 7) is 0. The van der Waals surface area contributed by atoms with E-state index in [2.05, 4.69) is 30.3 Å². The molecule has 0 saturated carbocycles. The summed E-state index contributed by atoms with van der Waals surface area (Å²) in [4.78, 5) is 0. The zero-order valence-electron chi connectivity index (χ0n) is 8.37. The minimum absolute atomic E-state index is 0.639. The van der Waals surface area contributed by atoms with E-state index in [1.54, 1.807) is 0 Å². The van der Waals surface area contributed by atoms with Gasteiger partial charge in [-0.25, -0.2) is 0 Å². The van der Waals surface area contributed by atoms with E-state index < -0.39 is 0 Å². The fourth-order valence-corrected chi connectivity index (χ4v) is 2.39. The van der Waals surface area contributed by atoms with Crippen molar-refractivity contribution in [3.05, 3.63) is 35.4 Å². The van der Waals surface area contributed by atoms with Crippen LogP contribution in [0, 0.1) is 11.3 Å². The van der Waals surface area contributed by atoms with E-state index in [1.807, 2.05) is 0 Å². The van der Waals surface area contributed by atoms with Gasteiger partial charge in [-0.1, -0.05) is 24.3 Å². The van der Waals surface area contributed by atoms with Crippen molar-refractivity contribution < 1.29 is 0 Å². The summed E-state index contributed by atoms with van der Waals surface area (Å²) in [5.41, 5.74) is 3.00. The van der Waals surface area contributed by atoms with Crippen LogP contribution in [0.5, 0.6) is 0 Å². The molecule has 0 bridgehead atoms. The summed E-state index contributed by atoms with van der Waals surface area (Å²) in [5, 5.41) is 8.59. The van der Waals surface area contributed by atoms with Gasteiger partial charge in [-0.15, -0.1) is 0 Å². The Hall–Kier alpha value is -1.29. The molecule has 0 heterocycles. The van der Waals surface area contributed by atoms with Crippen molar-refractivity contribution in [1.29, 1.82) is 5.26 Å². The van der Waals surface area contributed by atoms with E-state index in [4.69, 9.17) is 5.26 Å². The van der Waals surface area contributed by atoms with Crippen LogP contribution in [-0.4, -0.2) is 0 Å². The molecule has 1 aliphatic rings. The Labute approximate surface area is 85.4 Å². The van der Waals surface area contributed by atoms with Crippen LogP contribution < -0.4 is 0 Å². The molecule has 1 aliphatic carbocycles. The van der Waals surface area contributed by atoms with Crippen molar-refractivity contribution in [3.8, 4) is 6.07 Å². The molecule has 1 atom stereocenters.